The Morgan fingerprint density at radius 3 is 1.79 bits per heavy atom. The lowest BCUT2D eigenvalue weighted by Gasteiger charge is -2.36. The van der Waals surface area contributed by atoms with Crippen LogP contribution in [0.2, 0.25) is 0 Å². The lowest BCUT2D eigenvalue weighted by molar-refractivity contribution is -0.141. The molecule has 4 aromatic rings. The molecule has 0 aliphatic heterocycles. The van der Waals surface area contributed by atoms with E-state index in [1.807, 2.05) is 60.7 Å². The Labute approximate surface area is 259 Å². The third-order valence-corrected chi connectivity index (χ3v) is 8.53. The van der Waals surface area contributed by atoms with E-state index in [1.165, 1.54) is 18.7 Å². The number of ether oxygens (including phenoxy) is 2. The second-order valence-electron chi connectivity index (χ2n) is 11.6. The first-order chi connectivity index (χ1) is 20.6. The fourth-order valence-corrected chi connectivity index (χ4v) is 6.13. The van der Waals surface area contributed by atoms with Crippen LogP contribution in [0, 0.1) is 11.8 Å². The molecule has 43 heavy (non-hydrogen) atoms. The minimum Gasteiger partial charge on any atom is -0.375 e. The molecule has 1 aromatic heterocycles. The van der Waals surface area contributed by atoms with Gasteiger partial charge in [0, 0.05) is 22.4 Å². The van der Waals surface area contributed by atoms with E-state index in [0.717, 1.165) is 21.3 Å². The van der Waals surface area contributed by atoms with Gasteiger partial charge in [-0.05, 0) is 22.6 Å². The van der Waals surface area contributed by atoms with Gasteiger partial charge in [-0.2, -0.15) is 0 Å². The highest BCUT2D eigenvalue weighted by molar-refractivity contribution is 8.01. The Hall–Kier alpha value is -3.94. The van der Waals surface area contributed by atoms with Crippen molar-refractivity contribution < 1.29 is 19.1 Å². The fraction of sp³-hybridized carbons (Fsp3) is 0.306. The van der Waals surface area contributed by atoms with E-state index >= 15 is 0 Å². The molecule has 3 aromatic carbocycles. The Balaban J connectivity index is 1.57. The summed E-state index contributed by atoms with van der Waals surface area (Å²) in [4.78, 5) is 29.2. The van der Waals surface area contributed by atoms with E-state index in [9.17, 15) is 9.59 Å². The fourth-order valence-electron chi connectivity index (χ4n) is 4.83. The van der Waals surface area contributed by atoms with Crippen LogP contribution in [-0.4, -0.2) is 38.2 Å². The van der Waals surface area contributed by atoms with Crippen LogP contribution < -0.4 is 0 Å². The van der Waals surface area contributed by atoms with Crippen LogP contribution in [0.1, 0.15) is 51.3 Å². The molecule has 1 heterocycles. The molecule has 7 heteroatoms. The van der Waals surface area contributed by atoms with Gasteiger partial charge >= 0.3 is 12.1 Å². The van der Waals surface area contributed by atoms with Crippen molar-refractivity contribution in [3.05, 3.63) is 139 Å². The van der Waals surface area contributed by atoms with Crippen LogP contribution in [0.15, 0.2) is 122 Å². The van der Waals surface area contributed by atoms with E-state index in [2.05, 4.69) is 75.2 Å². The van der Waals surface area contributed by atoms with Gasteiger partial charge in [-0.25, -0.2) is 14.3 Å². The predicted octanol–water partition coefficient (Wildman–Crippen LogP) is 8.13. The van der Waals surface area contributed by atoms with Crippen molar-refractivity contribution in [2.24, 2.45) is 11.8 Å². The first-order valence-electron chi connectivity index (χ1n) is 14.5. The number of esters is 1. The summed E-state index contributed by atoms with van der Waals surface area (Å²) in [5, 5.41) is -0.215. The number of thioether (sulfide) groups is 1. The molecule has 0 amide bonds. The average Bonchev–Trinajstić information content (AvgIpc) is 3.56. The van der Waals surface area contributed by atoms with E-state index < -0.39 is 23.6 Å². The molecular formula is C36H40N2O4S. The van der Waals surface area contributed by atoms with Gasteiger partial charge in [0.2, 0.25) is 0 Å². The van der Waals surface area contributed by atoms with Gasteiger partial charge in [-0.15, -0.1) is 11.8 Å². The summed E-state index contributed by atoms with van der Waals surface area (Å²) in [6, 6.07) is 30.9. The van der Waals surface area contributed by atoms with E-state index in [4.69, 9.17) is 9.47 Å². The molecule has 0 saturated carbocycles. The Kier molecular flexibility index (Phi) is 10.8. The molecule has 6 nitrogen and oxygen atoms in total. The monoisotopic (exact) mass is 596 g/mol. The van der Waals surface area contributed by atoms with E-state index in [1.54, 1.807) is 18.7 Å². The Bertz CT molecular complexity index is 1370. The van der Waals surface area contributed by atoms with Crippen LogP contribution in [-0.2, 0) is 19.9 Å². The maximum absolute atomic E-state index is 13.0. The SMILES string of the molecule is C[C@H](/C=C/[C@H](SC(C)(C)C)[C@H](C)C(=O)OC(=O)n1ccnc1)COC(c1ccccc1)(c1ccccc1)c1ccccc1. The zero-order chi connectivity index (χ0) is 30.9. The molecule has 3 atom stereocenters. The quantitative estimate of drug-likeness (QED) is 0.0754. The number of nitrogens with zero attached hydrogens (tertiary/aromatic N) is 2. The number of rotatable bonds is 11. The minimum atomic E-state index is -0.809. The van der Waals surface area contributed by atoms with Gasteiger partial charge in [0.25, 0.3) is 0 Å². The lowest BCUT2D eigenvalue weighted by atomic mass is 9.80. The number of hydrogen-bond donors (Lipinski definition) is 0. The largest absolute Gasteiger partial charge is 0.427 e. The Morgan fingerprint density at radius 1 is 0.837 bits per heavy atom. The minimum absolute atomic E-state index is 0.0226. The molecular weight excluding hydrogens is 556 g/mol. The first-order valence-corrected chi connectivity index (χ1v) is 15.4. The molecule has 224 valence electrons. The van der Waals surface area contributed by atoms with Gasteiger partial charge in [-0.3, -0.25) is 4.79 Å². The molecule has 0 spiro atoms. The molecule has 0 aliphatic rings. The smallest absolute Gasteiger partial charge is 0.375 e. The van der Waals surface area contributed by atoms with Crippen molar-refractivity contribution in [1.29, 1.82) is 0 Å². The van der Waals surface area contributed by atoms with Crippen molar-refractivity contribution in [2.75, 3.05) is 6.61 Å². The molecule has 0 saturated heterocycles. The summed E-state index contributed by atoms with van der Waals surface area (Å²) in [5.41, 5.74) is 2.33. The third kappa shape index (κ3) is 8.33. The van der Waals surface area contributed by atoms with Crippen molar-refractivity contribution >= 4 is 23.8 Å². The normalized spacial score (nSPS) is 14.3. The topological polar surface area (TPSA) is 70.4 Å². The lowest BCUT2D eigenvalue weighted by Crippen LogP contribution is -2.34. The standard InChI is InChI=1S/C36H40N2O4S/c1-27(21-22-32(43-35(3,4)5)28(2)33(39)42-34(40)38-24-23-37-26-38)25-41-36(29-15-9-6-10-16-29,30-17-11-7-12-18-30)31-19-13-8-14-20-31/h6-24,26-28,32H,25H2,1-5H3/b22-21+/t27-,28+,32+/m1/s1. The highest BCUT2D eigenvalue weighted by atomic mass is 32.2. The second-order valence-corrected chi connectivity index (χ2v) is 13.6. The number of hydrogen-bond acceptors (Lipinski definition) is 6. The van der Waals surface area contributed by atoms with Gasteiger partial charge in [0.1, 0.15) is 11.9 Å². The number of carbonyl (C=O) groups is 2. The molecule has 0 fully saturated rings. The van der Waals surface area contributed by atoms with Crippen LogP contribution in [0.3, 0.4) is 0 Å². The van der Waals surface area contributed by atoms with Crippen LogP contribution in [0.25, 0.3) is 0 Å². The molecule has 0 unspecified atom stereocenters. The van der Waals surface area contributed by atoms with Crippen LogP contribution in [0.5, 0.6) is 0 Å². The van der Waals surface area contributed by atoms with Gasteiger partial charge < -0.3 is 9.47 Å². The third-order valence-electron chi connectivity index (χ3n) is 6.99. The van der Waals surface area contributed by atoms with E-state index in [-0.39, 0.29) is 15.9 Å². The summed E-state index contributed by atoms with van der Waals surface area (Å²) in [6.07, 6.45) is 7.59. The highest BCUT2D eigenvalue weighted by Gasteiger charge is 2.38. The number of benzene rings is 3. The highest BCUT2D eigenvalue weighted by Crippen LogP contribution is 2.41. The molecule has 0 N–H and O–H groups in total. The maximum Gasteiger partial charge on any atom is 0.427 e. The summed E-state index contributed by atoms with van der Waals surface area (Å²) in [5.74, 6) is -1.11. The van der Waals surface area contributed by atoms with Crippen LogP contribution in [0.4, 0.5) is 4.79 Å². The average molecular weight is 597 g/mol. The second kappa shape index (κ2) is 14.5. The zero-order valence-electron chi connectivity index (χ0n) is 25.4. The number of imidazole rings is 1. The molecule has 0 radical (unpaired) electrons. The van der Waals surface area contributed by atoms with Crippen molar-refractivity contribution in [3.63, 3.8) is 0 Å². The summed E-state index contributed by atoms with van der Waals surface area (Å²) >= 11 is 1.66. The number of carbonyl (C=O) groups excluding carboxylic acids is 2. The molecule has 0 aliphatic carbocycles. The summed E-state index contributed by atoms with van der Waals surface area (Å²) in [7, 11) is 0. The zero-order valence-corrected chi connectivity index (χ0v) is 26.2. The van der Waals surface area contributed by atoms with Crippen molar-refractivity contribution in [2.45, 2.75) is 50.2 Å². The van der Waals surface area contributed by atoms with Gasteiger partial charge in [0.05, 0.1) is 12.5 Å². The Morgan fingerprint density at radius 2 is 1.35 bits per heavy atom. The number of aromatic nitrogens is 2. The predicted molar refractivity (Wildman–Crippen MR) is 173 cm³/mol. The van der Waals surface area contributed by atoms with Gasteiger partial charge in [-0.1, -0.05) is 138 Å². The van der Waals surface area contributed by atoms with Crippen LogP contribution >= 0.6 is 11.8 Å². The molecule has 0 bridgehead atoms. The van der Waals surface area contributed by atoms with Crippen molar-refractivity contribution in [3.8, 4) is 0 Å². The first kappa shape index (κ1) is 32.0. The summed E-state index contributed by atoms with van der Waals surface area (Å²) < 4.78 is 13.2. The maximum atomic E-state index is 13.0. The van der Waals surface area contributed by atoms with Crippen molar-refractivity contribution in [1.82, 2.24) is 9.55 Å². The van der Waals surface area contributed by atoms with E-state index in [0.29, 0.717) is 6.61 Å². The van der Waals surface area contributed by atoms with Gasteiger partial charge in [0.15, 0.2) is 0 Å². The summed E-state index contributed by atoms with van der Waals surface area (Å²) in [6.45, 7) is 10.6. The molecule has 4 rings (SSSR count).